The van der Waals surface area contributed by atoms with Crippen molar-refractivity contribution in [3.63, 3.8) is 0 Å². The fourth-order valence-corrected chi connectivity index (χ4v) is 2.65. The summed E-state index contributed by atoms with van der Waals surface area (Å²) >= 11 is 0. The van der Waals surface area contributed by atoms with Gasteiger partial charge in [-0.25, -0.2) is 9.18 Å². The molecule has 0 spiro atoms. The van der Waals surface area contributed by atoms with Crippen molar-refractivity contribution in [2.75, 3.05) is 0 Å². The minimum atomic E-state index is -1.05. The Morgan fingerprint density at radius 3 is 2.14 bits per heavy atom. The van der Waals surface area contributed by atoms with E-state index in [0.717, 1.165) is 5.56 Å². The number of rotatable bonds is 8. The van der Waals surface area contributed by atoms with Gasteiger partial charge in [-0.1, -0.05) is 44.2 Å². The molecular formula is C22H24FNO4. The van der Waals surface area contributed by atoms with E-state index in [4.69, 9.17) is 4.74 Å². The molecule has 0 fully saturated rings. The second kappa shape index (κ2) is 9.78. The van der Waals surface area contributed by atoms with Crippen molar-refractivity contribution in [2.24, 2.45) is 5.92 Å². The van der Waals surface area contributed by atoms with Crippen molar-refractivity contribution in [3.8, 4) is 0 Å². The fraction of sp³-hybridized carbons (Fsp3) is 0.318. The highest BCUT2D eigenvalue weighted by atomic mass is 19.1. The molecule has 1 N–H and O–H groups in total. The number of benzene rings is 2. The first-order chi connectivity index (χ1) is 13.3. The van der Waals surface area contributed by atoms with E-state index in [1.807, 2.05) is 30.3 Å². The summed E-state index contributed by atoms with van der Waals surface area (Å²) in [5, 5.41) is 2.68. The second-order valence-corrected chi connectivity index (χ2v) is 6.90. The van der Waals surface area contributed by atoms with Gasteiger partial charge in [0.25, 0.3) is 0 Å². The van der Waals surface area contributed by atoms with E-state index in [2.05, 4.69) is 5.32 Å². The quantitative estimate of drug-likeness (QED) is 0.559. The highest BCUT2D eigenvalue weighted by Crippen LogP contribution is 2.12. The summed E-state index contributed by atoms with van der Waals surface area (Å²) in [7, 11) is 0. The number of halogens is 1. The van der Waals surface area contributed by atoms with Crippen LogP contribution in [0.4, 0.5) is 4.39 Å². The number of ketones is 1. The van der Waals surface area contributed by atoms with Crippen molar-refractivity contribution >= 4 is 17.7 Å². The third-order valence-corrected chi connectivity index (χ3v) is 4.24. The second-order valence-electron chi connectivity index (χ2n) is 6.90. The van der Waals surface area contributed by atoms with Gasteiger partial charge >= 0.3 is 5.97 Å². The molecule has 0 aromatic heterocycles. The lowest BCUT2D eigenvalue weighted by Gasteiger charge is -2.23. The number of carbonyl (C=O) groups excluding carboxylic acids is 3. The van der Waals surface area contributed by atoms with Crippen LogP contribution in [0.15, 0.2) is 54.6 Å². The Morgan fingerprint density at radius 1 is 0.964 bits per heavy atom. The van der Waals surface area contributed by atoms with Crippen LogP contribution in [0.1, 0.15) is 36.7 Å². The lowest BCUT2D eigenvalue weighted by molar-refractivity contribution is -0.151. The molecule has 148 valence electrons. The van der Waals surface area contributed by atoms with E-state index in [0.29, 0.717) is 0 Å². The predicted molar refractivity (Wildman–Crippen MR) is 103 cm³/mol. The monoisotopic (exact) mass is 385 g/mol. The maximum Gasteiger partial charge on any atom is 0.329 e. The molecule has 5 nitrogen and oxygen atoms in total. The Morgan fingerprint density at radius 2 is 1.57 bits per heavy atom. The van der Waals surface area contributed by atoms with Crippen LogP contribution in [0.2, 0.25) is 0 Å². The number of hydrogen-bond acceptors (Lipinski definition) is 4. The summed E-state index contributed by atoms with van der Waals surface area (Å²) in [4.78, 5) is 37.2. The van der Waals surface area contributed by atoms with E-state index in [-0.39, 0.29) is 23.8 Å². The van der Waals surface area contributed by atoms with Crippen LogP contribution in [0, 0.1) is 11.7 Å². The molecule has 2 aromatic carbocycles. The standard InChI is InChI=1S/C22H24FNO4/c1-14(2)20(24-19(25)13-16-7-5-4-6-8-16)22(27)28-15(3)21(26)17-9-11-18(23)12-10-17/h4-12,14-15,20H,13H2,1-3H3,(H,24,25)/t15-,20+/m1/s1. The maximum atomic E-state index is 13.0. The smallest absolute Gasteiger partial charge is 0.329 e. The van der Waals surface area contributed by atoms with Crippen LogP contribution < -0.4 is 5.32 Å². The Hall–Kier alpha value is -3.02. The number of nitrogens with one attached hydrogen (secondary N) is 1. The molecule has 2 aromatic rings. The van der Waals surface area contributed by atoms with Crippen LogP contribution in [0.25, 0.3) is 0 Å². The van der Waals surface area contributed by atoms with Crippen molar-refractivity contribution in [1.82, 2.24) is 5.32 Å². The fourth-order valence-electron chi connectivity index (χ4n) is 2.65. The van der Waals surface area contributed by atoms with Gasteiger partial charge in [-0.15, -0.1) is 0 Å². The molecule has 0 aliphatic heterocycles. The molecular weight excluding hydrogens is 361 g/mol. The third-order valence-electron chi connectivity index (χ3n) is 4.24. The molecule has 0 heterocycles. The molecule has 0 aliphatic carbocycles. The summed E-state index contributed by atoms with van der Waals surface area (Å²) in [5.74, 6) is -2.10. The molecule has 0 radical (unpaired) electrons. The Bertz CT molecular complexity index is 818. The molecule has 28 heavy (non-hydrogen) atoms. The highest BCUT2D eigenvalue weighted by molar-refractivity contribution is 6.00. The molecule has 6 heteroatoms. The van der Waals surface area contributed by atoms with Gasteiger partial charge in [0.1, 0.15) is 11.9 Å². The molecule has 0 saturated carbocycles. The number of Topliss-reactive ketones (excluding diaryl/α,β-unsaturated/α-hetero) is 1. The van der Waals surface area contributed by atoms with Gasteiger partial charge in [0, 0.05) is 5.56 Å². The zero-order chi connectivity index (χ0) is 20.7. The predicted octanol–water partition coefficient (Wildman–Crippen LogP) is 3.32. The van der Waals surface area contributed by atoms with Gasteiger partial charge in [0.2, 0.25) is 11.7 Å². The van der Waals surface area contributed by atoms with Crippen LogP contribution in [0.5, 0.6) is 0 Å². The molecule has 1 amide bonds. The Labute approximate surface area is 163 Å². The first-order valence-electron chi connectivity index (χ1n) is 9.11. The largest absolute Gasteiger partial charge is 0.453 e. The molecule has 2 atom stereocenters. The normalized spacial score (nSPS) is 12.9. The van der Waals surface area contributed by atoms with Crippen LogP contribution in [-0.4, -0.2) is 29.8 Å². The lowest BCUT2D eigenvalue weighted by atomic mass is 10.0. The van der Waals surface area contributed by atoms with E-state index < -0.39 is 29.7 Å². The topological polar surface area (TPSA) is 72.5 Å². The third kappa shape index (κ3) is 6.01. The van der Waals surface area contributed by atoms with Gasteiger partial charge < -0.3 is 10.1 Å². The van der Waals surface area contributed by atoms with Crippen molar-refractivity contribution in [2.45, 2.75) is 39.3 Å². The van der Waals surface area contributed by atoms with Crippen molar-refractivity contribution in [3.05, 3.63) is 71.5 Å². The number of carbonyl (C=O) groups is 3. The van der Waals surface area contributed by atoms with E-state index in [1.165, 1.54) is 31.2 Å². The van der Waals surface area contributed by atoms with Crippen LogP contribution in [0.3, 0.4) is 0 Å². The minimum Gasteiger partial charge on any atom is -0.453 e. The maximum absolute atomic E-state index is 13.0. The molecule has 0 bridgehead atoms. The summed E-state index contributed by atoms with van der Waals surface area (Å²) in [6, 6.07) is 13.3. The molecule has 0 saturated heterocycles. The summed E-state index contributed by atoms with van der Waals surface area (Å²) < 4.78 is 18.3. The summed E-state index contributed by atoms with van der Waals surface area (Å²) in [6.07, 6.45) is -0.910. The summed E-state index contributed by atoms with van der Waals surface area (Å²) in [5.41, 5.74) is 1.08. The Kier molecular flexibility index (Phi) is 7.44. The average Bonchev–Trinajstić information content (AvgIpc) is 2.66. The first-order valence-corrected chi connectivity index (χ1v) is 9.11. The van der Waals surface area contributed by atoms with Crippen molar-refractivity contribution < 1.29 is 23.5 Å². The van der Waals surface area contributed by atoms with E-state index in [9.17, 15) is 18.8 Å². The van der Waals surface area contributed by atoms with Crippen molar-refractivity contribution in [1.29, 1.82) is 0 Å². The Balaban J connectivity index is 1.98. The SMILES string of the molecule is CC(C)[C@H](NC(=O)Cc1ccccc1)C(=O)O[C@H](C)C(=O)c1ccc(F)cc1. The number of hydrogen-bond donors (Lipinski definition) is 1. The van der Waals surface area contributed by atoms with Gasteiger partial charge in [0.05, 0.1) is 6.42 Å². The van der Waals surface area contributed by atoms with Gasteiger partial charge in [-0.3, -0.25) is 9.59 Å². The zero-order valence-corrected chi connectivity index (χ0v) is 16.1. The number of ether oxygens (including phenoxy) is 1. The lowest BCUT2D eigenvalue weighted by Crippen LogP contribution is -2.47. The van der Waals surface area contributed by atoms with Gasteiger partial charge in [0.15, 0.2) is 6.10 Å². The zero-order valence-electron chi connectivity index (χ0n) is 16.1. The van der Waals surface area contributed by atoms with Crippen LogP contribution >= 0.6 is 0 Å². The molecule has 2 rings (SSSR count). The number of esters is 1. The average molecular weight is 385 g/mol. The first kappa shape index (κ1) is 21.3. The van der Waals surface area contributed by atoms with E-state index >= 15 is 0 Å². The molecule has 0 unspecified atom stereocenters. The van der Waals surface area contributed by atoms with Gasteiger partial charge in [-0.2, -0.15) is 0 Å². The van der Waals surface area contributed by atoms with Crippen LogP contribution in [-0.2, 0) is 20.7 Å². The highest BCUT2D eigenvalue weighted by Gasteiger charge is 2.29. The van der Waals surface area contributed by atoms with E-state index in [1.54, 1.807) is 13.8 Å². The number of amides is 1. The minimum absolute atomic E-state index is 0.140. The summed E-state index contributed by atoms with van der Waals surface area (Å²) in [6.45, 7) is 5.01. The molecule has 0 aliphatic rings. The van der Waals surface area contributed by atoms with Gasteiger partial charge in [-0.05, 0) is 42.7 Å².